The van der Waals surface area contributed by atoms with Crippen LogP contribution in [0.2, 0.25) is 0 Å². The van der Waals surface area contributed by atoms with E-state index in [-0.39, 0.29) is 5.54 Å². The van der Waals surface area contributed by atoms with Crippen molar-refractivity contribution in [2.24, 2.45) is 0 Å². The van der Waals surface area contributed by atoms with E-state index < -0.39 is 0 Å². The number of fused-ring (bicyclic) bond motifs is 1. The highest BCUT2D eigenvalue weighted by Gasteiger charge is 2.24. The lowest BCUT2D eigenvalue weighted by Gasteiger charge is -2.31. The van der Waals surface area contributed by atoms with Gasteiger partial charge in [0.2, 0.25) is 5.95 Å². The first-order valence-corrected chi connectivity index (χ1v) is 12.6. The number of aromatic nitrogens is 2. The van der Waals surface area contributed by atoms with Gasteiger partial charge in [-0.05, 0) is 39.2 Å². The minimum absolute atomic E-state index is 0.0430. The summed E-state index contributed by atoms with van der Waals surface area (Å²) < 4.78 is 0. The second kappa shape index (κ2) is 13.0. The normalized spacial score (nSPS) is 14.8. The molecule has 0 atom stereocenters. The molecule has 0 spiro atoms. The number of nitrogens with one attached hydrogen (secondary N) is 1. The van der Waals surface area contributed by atoms with Crippen LogP contribution in [0.5, 0.6) is 0 Å². The molecule has 0 unspecified atom stereocenters. The van der Waals surface area contributed by atoms with Crippen molar-refractivity contribution >= 4 is 17.2 Å². The van der Waals surface area contributed by atoms with E-state index in [1.807, 2.05) is 6.20 Å². The molecule has 30 heavy (non-hydrogen) atoms. The van der Waals surface area contributed by atoms with Crippen LogP contribution < -0.4 is 10.2 Å². The zero-order valence-corrected chi connectivity index (χ0v) is 20.4. The highest BCUT2D eigenvalue weighted by Crippen LogP contribution is 2.32. The predicted molar refractivity (Wildman–Crippen MR) is 132 cm³/mol. The molecule has 1 aromatic heterocycles. The molecule has 0 aromatic carbocycles. The Morgan fingerprint density at radius 1 is 0.833 bits per heavy atom. The van der Waals surface area contributed by atoms with Crippen LogP contribution >= 0.6 is 0 Å². The van der Waals surface area contributed by atoms with E-state index in [0.29, 0.717) is 0 Å². The Labute approximate surface area is 186 Å². The maximum atomic E-state index is 5.00. The van der Waals surface area contributed by atoms with Gasteiger partial charge in [0.05, 0.1) is 23.1 Å². The molecule has 1 aliphatic heterocycles. The zero-order chi connectivity index (χ0) is 21.8. The van der Waals surface area contributed by atoms with Crippen LogP contribution in [0.4, 0.5) is 11.6 Å². The maximum absolute atomic E-state index is 5.00. The van der Waals surface area contributed by atoms with Crippen molar-refractivity contribution in [3.8, 4) is 0 Å². The van der Waals surface area contributed by atoms with Gasteiger partial charge in [-0.2, -0.15) is 0 Å². The van der Waals surface area contributed by atoms with Gasteiger partial charge in [-0.15, -0.1) is 0 Å². The molecular formula is C26H46N4. The lowest BCUT2D eigenvalue weighted by atomic mass is 9.95. The Morgan fingerprint density at radius 3 is 1.93 bits per heavy atom. The molecule has 0 bridgehead atoms. The van der Waals surface area contributed by atoms with Crippen LogP contribution in [0, 0.1) is 0 Å². The van der Waals surface area contributed by atoms with E-state index in [2.05, 4.69) is 50.9 Å². The summed E-state index contributed by atoms with van der Waals surface area (Å²) in [4.78, 5) is 12.2. The fourth-order valence-electron chi connectivity index (χ4n) is 4.39. The molecule has 1 aromatic rings. The first-order valence-electron chi connectivity index (χ1n) is 12.6. The summed E-state index contributed by atoms with van der Waals surface area (Å²) in [6.45, 7) is 13.3. The van der Waals surface area contributed by atoms with Gasteiger partial charge in [-0.25, -0.2) is 9.97 Å². The van der Waals surface area contributed by atoms with Crippen molar-refractivity contribution < 1.29 is 0 Å². The van der Waals surface area contributed by atoms with Crippen molar-refractivity contribution in [3.05, 3.63) is 18.0 Å². The maximum Gasteiger partial charge on any atom is 0.225 e. The van der Waals surface area contributed by atoms with E-state index in [1.165, 1.54) is 82.6 Å². The molecule has 0 radical (unpaired) electrons. The third-order valence-electron chi connectivity index (χ3n) is 6.03. The van der Waals surface area contributed by atoms with Crippen LogP contribution in [0.15, 0.2) is 12.3 Å². The fraction of sp³-hybridized carbons (Fsp3) is 0.769. The topological polar surface area (TPSA) is 41.1 Å². The van der Waals surface area contributed by atoms with Gasteiger partial charge in [-0.1, -0.05) is 84.1 Å². The average molecular weight is 415 g/mol. The van der Waals surface area contributed by atoms with Crippen molar-refractivity contribution in [2.75, 3.05) is 23.3 Å². The highest BCUT2D eigenvalue weighted by atomic mass is 15.3. The number of nitrogens with zero attached hydrogens (tertiary/aromatic N) is 3. The third kappa shape index (κ3) is 8.28. The Morgan fingerprint density at radius 2 is 1.37 bits per heavy atom. The Bertz CT molecular complexity index is 634. The Hall–Kier alpha value is -1.58. The summed E-state index contributed by atoms with van der Waals surface area (Å²) in [7, 11) is 0. The quantitative estimate of drug-likeness (QED) is 0.300. The molecule has 0 saturated heterocycles. The number of allylic oxidation sites excluding steroid dienone is 1. The van der Waals surface area contributed by atoms with E-state index in [9.17, 15) is 0 Å². The summed E-state index contributed by atoms with van der Waals surface area (Å²) in [5, 5.41) is 3.56. The van der Waals surface area contributed by atoms with E-state index >= 15 is 0 Å². The second-order valence-electron chi connectivity index (χ2n) is 9.63. The number of anilines is 2. The fourth-order valence-corrected chi connectivity index (χ4v) is 4.39. The molecule has 1 N–H and O–H groups in total. The summed E-state index contributed by atoms with van der Waals surface area (Å²) in [6.07, 6.45) is 20.2. The standard InChI is InChI=1S/C26H46N4/c1-6-8-10-12-14-16-18-30(19-17-15-13-11-9-7-2)25-27-21-23-24(28-25)22(3)20-26(4,5)29-23/h20-21,29H,6-19H2,1-5H3. The van der Waals surface area contributed by atoms with Crippen molar-refractivity contribution in [2.45, 2.75) is 117 Å². The molecule has 1 aliphatic rings. The second-order valence-corrected chi connectivity index (χ2v) is 9.63. The summed E-state index contributed by atoms with van der Waals surface area (Å²) >= 11 is 0. The van der Waals surface area contributed by atoms with E-state index in [1.54, 1.807) is 0 Å². The SMILES string of the molecule is CCCCCCCCN(CCCCCCCC)c1ncc2c(n1)C(C)=CC(C)(C)N2. The van der Waals surface area contributed by atoms with E-state index in [0.717, 1.165) is 30.4 Å². The van der Waals surface area contributed by atoms with E-state index in [4.69, 9.17) is 9.97 Å². The van der Waals surface area contributed by atoms with Gasteiger partial charge in [0, 0.05) is 13.1 Å². The summed E-state index contributed by atoms with van der Waals surface area (Å²) in [5.74, 6) is 0.908. The molecule has 0 saturated carbocycles. The van der Waals surface area contributed by atoms with Crippen LogP contribution in [0.3, 0.4) is 0 Å². The Balaban J connectivity index is 1.99. The van der Waals surface area contributed by atoms with Gasteiger partial charge in [0.1, 0.15) is 0 Å². The summed E-state index contributed by atoms with van der Waals surface area (Å²) in [6, 6.07) is 0. The lowest BCUT2D eigenvalue weighted by Crippen LogP contribution is -2.33. The third-order valence-corrected chi connectivity index (χ3v) is 6.03. The van der Waals surface area contributed by atoms with Crippen LogP contribution in [0.25, 0.3) is 5.57 Å². The Kier molecular flexibility index (Phi) is 10.7. The minimum atomic E-state index is -0.0430. The number of hydrogen-bond acceptors (Lipinski definition) is 4. The lowest BCUT2D eigenvalue weighted by molar-refractivity contribution is 0.570. The molecular weight excluding hydrogens is 368 g/mol. The average Bonchev–Trinajstić information content (AvgIpc) is 2.70. The molecule has 170 valence electrons. The van der Waals surface area contributed by atoms with Crippen LogP contribution in [-0.2, 0) is 0 Å². The van der Waals surface area contributed by atoms with Gasteiger partial charge in [-0.3, -0.25) is 0 Å². The first kappa shape index (κ1) is 24.7. The highest BCUT2D eigenvalue weighted by molar-refractivity contribution is 5.77. The zero-order valence-electron chi connectivity index (χ0n) is 20.4. The molecule has 4 heteroatoms. The van der Waals surface area contributed by atoms with Crippen molar-refractivity contribution in [3.63, 3.8) is 0 Å². The largest absolute Gasteiger partial charge is 0.374 e. The molecule has 0 amide bonds. The van der Waals surface area contributed by atoms with Crippen molar-refractivity contribution in [1.29, 1.82) is 0 Å². The van der Waals surface area contributed by atoms with Crippen molar-refractivity contribution in [1.82, 2.24) is 9.97 Å². The number of rotatable bonds is 15. The van der Waals surface area contributed by atoms with Gasteiger partial charge in [0.25, 0.3) is 0 Å². The molecule has 2 rings (SSSR count). The van der Waals surface area contributed by atoms with Gasteiger partial charge >= 0.3 is 0 Å². The van der Waals surface area contributed by atoms with Gasteiger partial charge in [0.15, 0.2) is 0 Å². The summed E-state index contributed by atoms with van der Waals surface area (Å²) in [5.41, 5.74) is 3.33. The molecule has 0 aliphatic carbocycles. The minimum Gasteiger partial charge on any atom is -0.374 e. The molecule has 0 fully saturated rings. The first-order chi connectivity index (χ1) is 14.5. The van der Waals surface area contributed by atoms with Gasteiger partial charge < -0.3 is 10.2 Å². The predicted octanol–water partition coefficient (Wildman–Crippen LogP) is 7.61. The molecule has 4 nitrogen and oxygen atoms in total. The van der Waals surface area contributed by atoms with Crippen LogP contribution in [0.1, 0.15) is 117 Å². The monoisotopic (exact) mass is 414 g/mol. The molecule has 2 heterocycles. The number of unbranched alkanes of at least 4 members (excludes halogenated alkanes) is 10. The van der Waals surface area contributed by atoms with Crippen LogP contribution in [-0.4, -0.2) is 28.6 Å². The smallest absolute Gasteiger partial charge is 0.225 e. The number of hydrogen-bond donors (Lipinski definition) is 1.